The molecule has 0 aromatic heterocycles. The molecule has 0 radical (unpaired) electrons. The number of ether oxygens (including phenoxy) is 1. The van der Waals surface area contributed by atoms with E-state index in [0.29, 0.717) is 11.3 Å². The topological polar surface area (TPSA) is 67.6 Å². The zero-order chi connectivity index (χ0) is 18.6. The van der Waals surface area contributed by atoms with Crippen molar-refractivity contribution in [2.24, 2.45) is 0 Å². The molecule has 0 saturated heterocycles. The third kappa shape index (κ3) is 5.80. The molecule has 3 N–H and O–H groups in total. The third-order valence-electron chi connectivity index (χ3n) is 3.41. The molecular weight excluding hydrogens is 314 g/mol. The molecule has 0 aliphatic heterocycles. The highest BCUT2D eigenvalue weighted by Gasteiger charge is 2.17. The number of nitrogen functional groups attached to an aromatic ring is 1. The molecule has 0 bridgehead atoms. The largest absolute Gasteiger partial charge is 0.456 e. The number of anilines is 3. The number of hydrogen-bond donors (Lipinski definition) is 2. The Morgan fingerprint density at radius 2 is 1.76 bits per heavy atom. The molecule has 0 spiro atoms. The van der Waals surface area contributed by atoms with Crippen molar-refractivity contribution in [3.63, 3.8) is 0 Å². The van der Waals surface area contributed by atoms with Crippen LogP contribution < -0.4 is 11.1 Å². The zero-order valence-corrected chi connectivity index (χ0v) is 15.6. The van der Waals surface area contributed by atoms with Crippen molar-refractivity contribution in [1.29, 1.82) is 0 Å². The standard InChI is InChI=1S/C20H27N3O2/c1-20(2,3)25-19(24)15-7-9-16(10-8-15)22-18-11-6-14(12-17(18)21)13-23(4)5/h6-12,22H,13,21H2,1-5H3. The van der Waals surface area contributed by atoms with E-state index < -0.39 is 5.60 Å². The Kier molecular flexibility index (Phi) is 5.69. The molecule has 25 heavy (non-hydrogen) atoms. The van der Waals surface area contributed by atoms with Crippen LogP contribution in [-0.2, 0) is 11.3 Å². The van der Waals surface area contributed by atoms with Gasteiger partial charge in [0.1, 0.15) is 5.60 Å². The normalized spacial score (nSPS) is 11.4. The van der Waals surface area contributed by atoms with Crippen LogP contribution in [0.15, 0.2) is 42.5 Å². The van der Waals surface area contributed by atoms with E-state index in [2.05, 4.69) is 10.2 Å². The van der Waals surface area contributed by atoms with Crippen molar-refractivity contribution in [2.75, 3.05) is 25.1 Å². The van der Waals surface area contributed by atoms with Crippen LogP contribution in [0.4, 0.5) is 17.1 Å². The summed E-state index contributed by atoms with van der Waals surface area (Å²) in [4.78, 5) is 14.1. The van der Waals surface area contributed by atoms with E-state index in [1.54, 1.807) is 12.1 Å². The van der Waals surface area contributed by atoms with E-state index in [0.717, 1.165) is 23.5 Å². The predicted octanol–water partition coefficient (Wildman–Crippen LogP) is 4.03. The molecule has 0 atom stereocenters. The molecule has 5 nitrogen and oxygen atoms in total. The van der Waals surface area contributed by atoms with Crippen molar-refractivity contribution in [3.8, 4) is 0 Å². The maximum Gasteiger partial charge on any atom is 0.338 e. The number of hydrogen-bond acceptors (Lipinski definition) is 5. The van der Waals surface area contributed by atoms with Crippen LogP contribution in [0, 0.1) is 0 Å². The number of esters is 1. The van der Waals surface area contributed by atoms with Gasteiger partial charge in [0.25, 0.3) is 0 Å². The number of nitrogens with two attached hydrogens (primary N) is 1. The van der Waals surface area contributed by atoms with Gasteiger partial charge in [0.2, 0.25) is 0 Å². The lowest BCUT2D eigenvalue weighted by Crippen LogP contribution is -2.23. The second kappa shape index (κ2) is 7.57. The fourth-order valence-corrected chi connectivity index (χ4v) is 2.37. The number of rotatable bonds is 5. The Balaban J connectivity index is 2.07. The molecule has 0 aliphatic carbocycles. The van der Waals surface area contributed by atoms with Crippen LogP contribution >= 0.6 is 0 Å². The second-order valence-electron chi connectivity index (χ2n) is 7.36. The molecule has 0 fully saturated rings. The second-order valence-corrected chi connectivity index (χ2v) is 7.36. The highest BCUT2D eigenvalue weighted by atomic mass is 16.6. The summed E-state index contributed by atoms with van der Waals surface area (Å²) in [6, 6.07) is 13.2. The average molecular weight is 341 g/mol. The summed E-state index contributed by atoms with van der Waals surface area (Å²) in [7, 11) is 4.04. The molecule has 0 saturated carbocycles. The number of carbonyl (C=O) groups is 1. The maximum absolute atomic E-state index is 12.0. The summed E-state index contributed by atoms with van der Waals surface area (Å²) in [6.07, 6.45) is 0. The van der Waals surface area contributed by atoms with Gasteiger partial charge < -0.3 is 20.7 Å². The van der Waals surface area contributed by atoms with Crippen molar-refractivity contribution in [2.45, 2.75) is 32.9 Å². The van der Waals surface area contributed by atoms with Gasteiger partial charge in [-0.3, -0.25) is 0 Å². The first-order chi connectivity index (χ1) is 11.6. The minimum absolute atomic E-state index is 0.327. The van der Waals surface area contributed by atoms with Crippen molar-refractivity contribution < 1.29 is 9.53 Å². The van der Waals surface area contributed by atoms with Crippen molar-refractivity contribution in [3.05, 3.63) is 53.6 Å². The van der Waals surface area contributed by atoms with Gasteiger partial charge in [0, 0.05) is 12.2 Å². The molecule has 0 amide bonds. The first-order valence-electron chi connectivity index (χ1n) is 8.27. The van der Waals surface area contributed by atoms with Crippen LogP contribution in [0.3, 0.4) is 0 Å². The molecule has 2 aromatic carbocycles. The van der Waals surface area contributed by atoms with E-state index in [1.807, 2.05) is 65.2 Å². The summed E-state index contributed by atoms with van der Waals surface area (Å²) in [6.45, 7) is 6.39. The monoisotopic (exact) mass is 341 g/mol. The minimum atomic E-state index is -0.503. The first kappa shape index (κ1) is 18.8. The van der Waals surface area contributed by atoms with Crippen LogP contribution in [0.5, 0.6) is 0 Å². The molecule has 2 aromatic rings. The summed E-state index contributed by atoms with van der Waals surface area (Å²) in [5.74, 6) is -0.327. The first-order valence-corrected chi connectivity index (χ1v) is 8.27. The van der Waals surface area contributed by atoms with E-state index >= 15 is 0 Å². The number of carbonyl (C=O) groups excluding carboxylic acids is 1. The Morgan fingerprint density at radius 3 is 2.28 bits per heavy atom. The summed E-state index contributed by atoms with van der Waals surface area (Å²) in [5.41, 5.74) is 9.71. The van der Waals surface area contributed by atoms with Gasteiger partial charge in [-0.2, -0.15) is 0 Å². The Bertz CT molecular complexity index is 732. The SMILES string of the molecule is CN(C)Cc1ccc(Nc2ccc(C(=O)OC(C)(C)C)cc2)c(N)c1. The Morgan fingerprint density at radius 1 is 1.12 bits per heavy atom. The van der Waals surface area contributed by atoms with Gasteiger partial charge in [-0.1, -0.05) is 6.07 Å². The summed E-state index contributed by atoms with van der Waals surface area (Å²) < 4.78 is 5.36. The van der Waals surface area contributed by atoms with Gasteiger partial charge in [-0.05, 0) is 76.8 Å². The predicted molar refractivity (Wildman–Crippen MR) is 103 cm³/mol. The highest BCUT2D eigenvalue weighted by molar-refractivity contribution is 5.90. The van der Waals surface area contributed by atoms with Crippen LogP contribution in [0.1, 0.15) is 36.7 Å². The van der Waals surface area contributed by atoms with Crippen LogP contribution in [0.2, 0.25) is 0 Å². The average Bonchev–Trinajstić information content (AvgIpc) is 2.48. The van der Waals surface area contributed by atoms with Gasteiger partial charge in [0.15, 0.2) is 0 Å². The number of nitrogens with zero attached hydrogens (tertiary/aromatic N) is 1. The molecule has 0 heterocycles. The van der Waals surface area contributed by atoms with E-state index in [1.165, 1.54) is 0 Å². The lowest BCUT2D eigenvalue weighted by molar-refractivity contribution is 0.00696. The van der Waals surface area contributed by atoms with Crippen molar-refractivity contribution in [1.82, 2.24) is 4.90 Å². The quantitative estimate of drug-likeness (QED) is 0.635. The van der Waals surface area contributed by atoms with E-state index in [9.17, 15) is 4.79 Å². The number of nitrogens with one attached hydrogen (secondary N) is 1. The lowest BCUT2D eigenvalue weighted by atomic mass is 10.1. The summed E-state index contributed by atoms with van der Waals surface area (Å²) in [5, 5.41) is 3.28. The molecule has 0 unspecified atom stereocenters. The van der Waals surface area contributed by atoms with Crippen LogP contribution in [0.25, 0.3) is 0 Å². The molecule has 2 rings (SSSR count). The van der Waals surface area contributed by atoms with Gasteiger partial charge >= 0.3 is 5.97 Å². The number of benzene rings is 2. The molecule has 0 aliphatic rings. The highest BCUT2D eigenvalue weighted by Crippen LogP contribution is 2.25. The van der Waals surface area contributed by atoms with Gasteiger partial charge in [0.05, 0.1) is 16.9 Å². The minimum Gasteiger partial charge on any atom is -0.456 e. The smallest absolute Gasteiger partial charge is 0.338 e. The molecular formula is C20H27N3O2. The Hall–Kier alpha value is -2.53. The third-order valence-corrected chi connectivity index (χ3v) is 3.41. The fraction of sp³-hybridized carbons (Fsp3) is 0.350. The van der Waals surface area contributed by atoms with Gasteiger partial charge in [-0.15, -0.1) is 0 Å². The molecule has 5 heteroatoms. The van der Waals surface area contributed by atoms with Gasteiger partial charge in [-0.25, -0.2) is 4.79 Å². The Labute approximate surface area is 149 Å². The van der Waals surface area contributed by atoms with Crippen molar-refractivity contribution >= 4 is 23.0 Å². The fourth-order valence-electron chi connectivity index (χ4n) is 2.37. The van der Waals surface area contributed by atoms with E-state index in [-0.39, 0.29) is 5.97 Å². The van der Waals surface area contributed by atoms with E-state index in [4.69, 9.17) is 10.5 Å². The lowest BCUT2D eigenvalue weighted by Gasteiger charge is -2.19. The summed E-state index contributed by atoms with van der Waals surface area (Å²) >= 11 is 0. The zero-order valence-electron chi connectivity index (χ0n) is 15.6. The van der Waals surface area contributed by atoms with Crippen LogP contribution in [-0.4, -0.2) is 30.6 Å². The maximum atomic E-state index is 12.0. The molecule has 134 valence electrons.